The van der Waals surface area contributed by atoms with Crippen LogP contribution < -0.4 is 5.73 Å². The molecular formula is C12H26N2O2. The Hall–Kier alpha value is -0.610. The van der Waals surface area contributed by atoms with Crippen LogP contribution >= 0.6 is 0 Å². The van der Waals surface area contributed by atoms with Crippen LogP contribution in [0.25, 0.3) is 0 Å². The number of carbonyl (C=O) groups excluding carboxylic acids is 1. The van der Waals surface area contributed by atoms with E-state index < -0.39 is 6.10 Å². The molecule has 4 nitrogen and oxygen atoms in total. The van der Waals surface area contributed by atoms with Gasteiger partial charge in [-0.05, 0) is 12.8 Å². The number of nitrogens with two attached hydrogens (primary N) is 1. The summed E-state index contributed by atoms with van der Waals surface area (Å²) in [5.41, 5.74) is 5.51. The quantitative estimate of drug-likeness (QED) is 0.651. The summed E-state index contributed by atoms with van der Waals surface area (Å²) in [4.78, 5) is 13.9. The van der Waals surface area contributed by atoms with Gasteiger partial charge in [-0.15, -0.1) is 0 Å². The molecule has 4 heteroatoms. The summed E-state index contributed by atoms with van der Waals surface area (Å²) in [7, 11) is 1.53. The SMILES string of the molecule is CCCCN(CCCC)C(=O)C(CN)OC. The van der Waals surface area contributed by atoms with Crippen LogP contribution in [0.3, 0.4) is 0 Å². The van der Waals surface area contributed by atoms with E-state index >= 15 is 0 Å². The van der Waals surface area contributed by atoms with Gasteiger partial charge in [-0.1, -0.05) is 26.7 Å². The minimum Gasteiger partial charge on any atom is -0.370 e. The normalized spacial score (nSPS) is 12.5. The summed E-state index contributed by atoms with van der Waals surface area (Å²) >= 11 is 0. The first-order chi connectivity index (χ1) is 7.71. The number of rotatable bonds is 9. The van der Waals surface area contributed by atoms with Gasteiger partial charge in [-0.2, -0.15) is 0 Å². The maximum Gasteiger partial charge on any atom is 0.253 e. The molecule has 0 aromatic carbocycles. The number of methoxy groups -OCH3 is 1. The molecule has 1 atom stereocenters. The molecule has 1 amide bonds. The minimum absolute atomic E-state index is 0.0342. The van der Waals surface area contributed by atoms with Crippen molar-refractivity contribution in [2.24, 2.45) is 5.73 Å². The van der Waals surface area contributed by atoms with E-state index in [9.17, 15) is 4.79 Å². The highest BCUT2D eigenvalue weighted by molar-refractivity contribution is 5.81. The first-order valence-electron chi connectivity index (χ1n) is 6.22. The predicted octanol–water partition coefficient (Wildman–Crippen LogP) is 1.39. The zero-order valence-corrected chi connectivity index (χ0v) is 10.9. The summed E-state index contributed by atoms with van der Waals surface area (Å²) in [6.45, 7) is 6.13. The highest BCUT2D eigenvalue weighted by Gasteiger charge is 2.21. The minimum atomic E-state index is -0.478. The Morgan fingerprint density at radius 2 is 1.75 bits per heavy atom. The number of unbranched alkanes of at least 4 members (excludes halogenated alkanes) is 2. The molecule has 0 aliphatic heterocycles. The molecule has 0 spiro atoms. The molecular weight excluding hydrogens is 204 g/mol. The van der Waals surface area contributed by atoms with Crippen LogP contribution in [0.15, 0.2) is 0 Å². The molecule has 16 heavy (non-hydrogen) atoms. The molecule has 0 bridgehead atoms. The van der Waals surface area contributed by atoms with Gasteiger partial charge in [0.1, 0.15) is 6.10 Å². The summed E-state index contributed by atoms with van der Waals surface area (Å²) in [6, 6.07) is 0. The van der Waals surface area contributed by atoms with Crippen molar-refractivity contribution in [3.63, 3.8) is 0 Å². The van der Waals surface area contributed by atoms with Crippen molar-refractivity contribution in [2.45, 2.75) is 45.6 Å². The fraction of sp³-hybridized carbons (Fsp3) is 0.917. The van der Waals surface area contributed by atoms with Gasteiger partial charge in [0.2, 0.25) is 0 Å². The number of hydrogen-bond donors (Lipinski definition) is 1. The number of hydrogen-bond acceptors (Lipinski definition) is 3. The van der Waals surface area contributed by atoms with E-state index in [4.69, 9.17) is 10.5 Å². The molecule has 2 N–H and O–H groups in total. The average Bonchev–Trinajstić information content (AvgIpc) is 2.30. The van der Waals surface area contributed by atoms with Gasteiger partial charge < -0.3 is 15.4 Å². The Morgan fingerprint density at radius 3 is 2.06 bits per heavy atom. The number of carbonyl (C=O) groups is 1. The van der Waals surface area contributed by atoms with Crippen molar-refractivity contribution >= 4 is 5.91 Å². The molecule has 0 radical (unpaired) electrons. The van der Waals surface area contributed by atoms with E-state index in [0.717, 1.165) is 38.8 Å². The largest absolute Gasteiger partial charge is 0.370 e. The Morgan fingerprint density at radius 1 is 1.25 bits per heavy atom. The van der Waals surface area contributed by atoms with E-state index in [2.05, 4.69) is 13.8 Å². The highest BCUT2D eigenvalue weighted by Crippen LogP contribution is 2.03. The Labute approximate surface area is 99.1 Å². The van der Waals surface area contributed by atoms with Crippen LogP contribution in [-0.4, -0.2) is 43.7 Å². The van der Waals surface area contributed by atoms with Gasteiger partial charge in [-0.25, -0.2) is 0 Å². The lowest BCUT2D eigenvalue weighted by atomic mass is 10.2. The zero-order valence-electron chi connectivity index (χ0n) is 10.9. The second kappa shape index (κ2) is 9.60. The van der Waals surface area contributed by atoms with Crippen LogP contribution in [0.1, 0.15) is 39.5 Å². The van der Waals surface area contributed by atoms with Crippen molar-refractivity contribution < 1.29 is 9.53 Å². The molecule has 0 aliphatic carbocycles. The first-order valence-corrected chi connectivity index (χ1v) is 6.22. The van der Waals surface area contributed by atoms with E-state index in [-0.39, 0.29) is 12.5 Å². The standard InChI is InChI=1S/C12H26N2O2/c1-4-6-8-14(9-7-5-2)12(15)11(10-13)16-3/h11H,4-10,13H2,1-3H3. The van der Waals surface area contributed by atoms with Crippen molar-refractivity contribution in [3.05, 3.63) is 0 Å². The van der Waals surface area contributed by atoms with Gasteiger partial charge in [0.15, 0.2) is 0 Å². The maximum absolute atomic E-state index is 12.0. The maximum atomic E-state index is 12.0. The Balaban J connectivity index is 4.28. The molecule has 0 saturated heterocycles. The van der Waals surface area contributed by atoms with Crippen molar-refractivity contribution in [3.8, 4) is 0 Å². The molecule has 1 unspecified atom stereocenters. The third kappa shape index (κ3) is 5.47. The molecule has 0 fully saturated rings. The van der Waals surface area contributed by atoms with Crippen LogP contribution in [0.4, 0.5) is 0 Å². The molecule has 0 heterocycles. The van der Waals surface area contributed by atoms with Crippen LogP contribution in [0.2, 0.25) is 0 Å². The molecule has 0 aromatic rings. The van der Waals surface area contributed by atoms with Crippen LogP contribution in [0.5, 0.6) is 0 Å². The van der Waals surface area contributed by atoms with Gasteiger partial charge >= 0.3 is 0 Å². The monoisotopic (exact) mass is 230 g/mol. The van der Waals surface area contributed by atoms with E-state index in [1.54, 1.807) is 0 Å². The summed E-state index contributed by atoms with van der Waals surface area (Å²) in [5, 5.41) is 0. The zero-order chi connectivity index (χ0) is 12.4. The average molecular weight is 230 g/mol. The first kappa shape index (κ1) is 15.4. The molecule has 0 aliphatic rings. The van der Waals surface area contributed by atoms with Crippen LogP contribution in [0, 0.1) is 0 Å². The molecule has 0 saturated carbocycles. The lowest BCUT2D eigenvalue weighted by Crippen LogP contribution is -2.44. The second-order valence-electron chi connectivity index (χ2n) is 3.99. The van der Waals surface area contributed by atoms with Gasteiger partial charge in [-0.3, -0.25) is 4.79 Å². The molecule has 0 aromatic heterocycles. The Kier molecular flexibility index (Phi) is 9.24. The highest BCUT2D eigenvalue weighted by atomic mass is 16.5. The number of ether oxygens (including phenoxy) is 1. The third-order valence-corrected chi connectivity index (χ3v) is 2.65. The number of nitrogens with zero attached hydrogens (tertiary/aromatic N) is 1. The summed E-state index contributed by atoms with van der Waals surface area (Å²) < 4.78 is 5.09. The summed E-state index contributed by atoms with van der Waals surface area (Å²) in [6.07, 6.45) is 3.79. The summed E-state index contributed by atoms with van der Waals surface area (Å²) in [5.74, 6) is 0.0342. The smallest absolute Gasteiger partial charge is 0.253 e. The van der Waals surface area contributed by atoms with Gasteiger partial charge in [0.25, 0.3) is 5.91 Å². The predicted molar refractivity (Wildman–Crippen MR) is 66.2 cm³/mol. The fourth-order valence-corrected chi connectivity index (χ4v) is 1.53. The molecule has 0 rings (SSSR count). The van der Waals surface area contributed by atoms with Crippen molar-refractivity contribution in [2.75, 3.05) is 26.7 Å². The Bertz CT molecular complexity index is 174. The molecule has 96 valence electrons. The number of amides is 1. The van der Waals surface area contributed by atoms with E-state index in [1.807, 2.05) is 4.90 Å². The van der Waals surface area contributed by atoms with Crippen LogP contribution in [-0.2, 0) is 9.53 Å². The van der Waals surface area contributed by atoms with Gasteiger partial charge in [0, 0.05) is 26.7 Å². The second-order valence-corrected chi connectivity index (χ2v) is 3.99. The third-order valence-electron chi connectivity index (χ3n) is 2.65. The van der Waals surface area contributed by atoms with Gasteiger partial charge in [0.05, 0.1) is 0 Å². The van der Waals surface area contributed by atoms with Crippen molar-refractivity contribution in [1.29, 1.82) is 0 Å². The van der Waals surface area contributed by atoms with E-state index in [1.165, 1.54) is 7.11 Å². The fourth-order valence-electron chi connectivity index (χ4n) is 1.53. The lowest BCUT2D eigenvalue weighted by molar-refractivity contribution is -0.141. The topological polar surface area (TPSA) is 55.6 Å². The van der Waals surface area contributed by atoms with Crippen molar-refractivity contribution in [1.82, 2.24) is 4.90 Å². The van der Waals surface area contributed by atoms with E-state index in [0.29, 0.717) is 0 Å². The lowest BCUT2D eigenvalue weighted by Gasteiger charge is -2.26.